The lowest BCUT2D eigenvalue weighted by atomic mass is 10.1. The van der Waals surface area contributed by atoms with E-state index in [1.807, 2.05) is 6.92 Å². The lowest BCUT2D eigenvalue weighted by Crippen LogP contribution is -2.54. The molecular weight excluding hydrogens is 658 g/mol. The fraction of sp³-hybridized carbons (Fsp3) is 0.179. The van der Waals surface area contributed by atoms with Gasteiger partial charge in [0.1, 0.15) is 17.9 Å². The van der Waals surface area contributed by atoms with Crippen molar-refractivity contribution >= 4 is 75.4 Å². The molecule has 1 saturated heterocycles. The van der Waals surface area contributed by atoms with E-state index in [0.29, 0.717) is 48.7 Å². The molecule has 202 valence electrons. The number of rotatable bonds is 9. The molecule has 0 aliphatic carbocycles. The molecule has 8 nitrogen and oxygen atoms in total. The van der Waals surface area contributed by atoms with Crippen LogP contribution in [0.15, 0.2) is 60.2 Å². The molecule has 0 unspecified atom stereocenters. The molecule has 0 bridgehead atoms. The summed E-state index contributed by atoms with van der Waals surface area (Å²) in [4.78, 5) is 39.4. The van der Waals surface area contributed by atoms with Gasteiger partial charge in [0.15, 0.2) is 11.5 Å². The van der Waals surface area contributed by atoms with Gasteiger partial charge in [-0.3, -0.25) is 14.9 Å². The van der Waals surface area contributed by atoms with E-state index in [2.05, 4.69) is 27.9 Å². The van der Waals surface area contributed by atoms with Crippen LogP contribution in [0.4, 0.5) is 10.5 Å². The third-order valence-corrected chi connectivity index (χ3v) is 7.01. The molecule has 0 radical (unpaired) electrons. The molecule has 1 heterocycles. The van der Waals surface area contributed by atoms with Crippen LogP contribution in [0, 0.1) is 3.57 Å². The standard InChI is InChI=1S/C28H23Cl2IN2O6/c1-3-10-38-20-8-6-19(7-9-20)33-27(35)21(26(34)32-28(33)36)11-16-12-23(31)25(24(13-16)37-2)39-15-17-4-5-18(29)14-22(17)30/h4-9,11-14H,3,10,15H2,1-2H3,(H,32,34,36)/b21-11-. The van der Waals surface area contributed by atoms with Gasteiger partial charge in [-0.05, 0) is 89.2 Å². The minimum absolute atomic E-state index is 0.170. The van der Waals surface area contributed by atoms with Crippen molar-refractivity contribution in [1.29, 1.82) is 0 Å². The third-order valence-electron chi connectivity index (χ3n) is 5.62. The number of barbiturate groups is 1. The SMILES string of the molecule is CCCOc1ccc(N2C(=O)NC(=O)/C(=C/c3cc(I)c(OCc4ccc(Cl)cc4Cl)c(OC)c3)C2=O)cc1. The van der Waals surface area contributed by atoms with E-state index >= 15 is 0 Å². The molecule has 0 aromatic heterocycles. The molecular formula is C28H23Cl2IN2O6. The highest BCUT2D eigenvalue weighted by Gasteiger charge is 2.37. The summed E-state index contributed by atoms with van der Waals surface area (Å²) in [6.07, 6.45) is 2.25. The second-order valence-corrected chi connectivity index (χ2v) is 10.4. The van der Waals surface area contributed by atoms with E-state index in [1.54, 1.807) is 54.6 Å². The van der Waals surface area contributed by atoms with Crippen LogP contribution in [0.25, 0.3) is 6.08 Å². The van der Waals surface area contributed by atoms with Gasteiger partial charge in [-0.2, -0.15) is 0 Å². The van der Waals surface area contributed by atoms with Crippen LogP contribution in [0.5, 0.6) is 17.2 Å². The Morgan fingerprint density at radius 1 is 1.00 bits per heavy atom. The van der Waals surface area contributed by atoms with Crippen molar-refractivity contribution in [3.63, 3.8) is 0 Å². The van der Waals surface area contributed by atoms with Gasteiger partial charge in [0, 0.05) is 15.6 Å². The number of nitrogens with one attached hydrogen (secondary N) is 1. The average Bonchev–Trinajstić information content (AvgIpc) is 2.90. The lowest BCUT2D eigenvalue weighted by molar-refractivity contribution is -0.122. The monoisotopic (exact) mass is 680 g/mol. The van der Waals surface area contributed by atoms with E-state index in [1.165, 1.54) is 13.2 Å². The van der Waals surface area contributed by atoms with Crippen LogP contribution < -0.4 is 24.4 Å². The molecule has 4 rings (SSSR count). The zero-order valence-corrected chi connectivity index (χ0v) is 24.6. The number of anilines is 1. The molecule has 1 N–H and O–H groups in total. The largest absolute Gasteiger partial charge is 0.494 e. The van der Waals surface area contributed by atoms with Crippen molar-refractivity contribution in [2.75, 3.05) is 18.6 Å². The average molecular weight is 681 g/mol. The Morgan fingerprint density at radius 2 is 1.74 bits per heavy atom. The van der Waals surface area contributed by atoms with E-state index in [4.69, 9.17) is 37.4 Å². The number of benzene rings is 3. The van der Waals surface area contributed by atoms with Gasteiger partial charge in [0.2, 0.25) is 0 Å². The number of hydrogen-bond donors (Lipinski definition) is 1. The molecule has 0 atom stereocenters. The molecule has 39 heavy (non-hydrogen) atoms. The zero-order valence-electron chi connectivity index (χ0n) is 20.9. The maximum atomic E-state index is 13.3. The van der Waals surface area contributed by atoms with Gasteiger partial charge >= 0.3 is 6.03 Å². The number of nitrogens with zero attached hydrogens (tertiary/aromatic N) is 1. The van der Waals surface area contributed by atoms with Crippen LogP contribution in [-0.2, 0) is 16.2 Å². The highest BCUT2D eigenvalue weighted by Crippen LogP contribution is 2.36. The minimum atomic E-state index is -0.832. The van der Waals surface area contributed by atoms with Gasteiger partial charge in [-0.25, -0.2) is 9.69 Å². The number of imide groups is 2. The van der Waals surface area contributed by atoms with Gasteiger partial charge in [0.05, 0.1) is 23.0 Å². The second-order valence-electron chi connectivity index (χ2n) is 8.36. The minimum Gasteiger partial charge on any atom is -0.494 e. The Bertz CT molecular complexity index is 1460. The van der Waals surface area contributed by atoms with Crippen LogP contribution in [0.1, 0.15) is 24.5 Å². The number of carbonyl (C=O) groups excluding carboxylic acids is 3. The highest BCUT2D eigenvalue weighted by molar-refractivity contribution is 14.1. The fourth-order valence-electron chi connectivity index (χ4n) is 3.72. The summed E-state index contributed by atoms with van der Waals surface area (Å²) in [6.45, 7) is 2.71. The summed E-state index contributed by atoms with van der Waals surface area (Å²) in [5.41, 5.74) is 1.34. The Hall–Kier alpha value is -3.28. The number of urea groups is 1. The van der Waals surface area contributed by atoms with Crippen molar-refractivity contribution in [2.24, 2.45) is 0 Å². The van der Waals surface area contributed by atoms with E-state index in [-0.39, 0.29) is 12.2 Å². The number of halogens is 3. The van der Waals surface area contributed by atoms with Crippen molar-refractivity contribution in [3.8, 4) is 17.2 Å². The Labute approximate surface area is 249 Å². The van der Waals surface area contributed by atoms with E-state index in [9.17, 15) is 14.4 Å². The summed E-state index contributed by atoms with van der Waals surface area (Å²) in [5, 5.41) is 3.22. The zero-order chi connectivity index (χ0) is 28.1. The Kier molecular flexibility index (Phi) is 9.36. The number of amides is 4. The topological polar surface area (TPSA) is 94.2 Å². The summed E-state index contributed by atoms with van der Waals surface area (Å²) in [5.74, 6) is -0.0842. The molecule has 3 aromatic rings. The third kappa shape index (κ3) is 6.66. The normalized spacial score (nSPS) is 14.4. The van der Waals surface area contributed by atoms with Crippen molar-refractivity contribution in [1.82, 2.24) is 5.32 Å². The highest BCUT2D eigenvalue weighted by atomic mass is 127. The summed E-state index contributed by atoms with van der Waals surface area (Å²) < 4.78 is 17.7. The van der Waals surface area contributed by atoms with Crippen molar-refractivity contribution in [2.45, 2.75) is 20.0 Å². The second kappa shape index (κ2) is 12.7. The first kappa shape index (κ1) is 28.7. The molecule has 1 aliphatic rings. The lowest BCUT2D eigenvalue weighted by Gasteiger charge is -2.26. The van der Waals surface area contributed by atoms with Gasteiger partial charge in [0.25, 0.3) is 11.8 Å². The predicted octanol–water partition coefficient (Wildman–Crippen LogP) is 6.64. The van der Waals surface area contributed by atoms with Crippen LogP contribution >= 0.6 is 45.8 Å². The quantitative estimate of drug-likeness (QED) is 0.155. The summed E-state index contributed by atoms with van der Waals surface area (Å²) in [6, 6.07) is 14.2. The summed E-state index contributed by atoms with van der Waals surface area (Å²) in [7, 11) is 1.48. The molecule has 11 heteroatoms. The number of carbonyl (C=O) groups is 3. The molecule has 1 fully saturated rings. The molecule has 0 spiro atoms. The number of methoxy groups -OCH3 is 1. The fourth-order valence-corrected chi connectivity index (χ4v) is 4.97. The molecule has 3 aromatic carbocycles. The first-order valence-electron chi connectivity index (χ1n) is 11.8. The van der Waals surface area contributed by atoms with Crippen LogP contribution in [0.3, 0.4) is 0 Å². The van der Waals surface area contributed by atoms with E-state index < -0.39 is 17.8 Å². The van der Waals surface area contributed by atoms with Crippen molar-refractivity contribution < 1.29 is 28.6 Å². The molecule has 1 aliphatic heterocycles. The Morgan fingerprint density at radius 3 is 2.41 bits per heavy atom. The number of hydrogen-bond acceptors (Lipinski definition) is 6. The smallest absolute Gasteiger partial charge is 0.335 e. The molecule has 0 saturated carbocycles. The van der Waals surface area contributed by atoms with Crippen LogP contribution in [0.2, 0.25) is 10.0 Å². The van der Waals surface area contributed by atoms with Gasteiger partial charge in [-0.1, -0.05) is 36.2 Å². The predicted molar refractivity (Wildman–Crippen MR) is 158 cm³/mol. The van der Waals surface area contributed by atoms with E-state index in [0.717, 1.165) is 16.9 Å². The van der Waals surface area contributed by atoms with Crippen molar-refractivity contribution in [3.05, 3.63) is 84.9 Å². The Balaban J connectivity index is 1.60. The summed E-state index contributed by atoms with van der Waals surface area (Å²) >= 11 is 14.3. The van der Waals surface area contributed by atoms with Gasteiger partial charge < -0.3 is 14.2 Å². The first-order valence-corrected chi connectivity index (χ1v) is 13.6. The maximum Gasteiger partial charge on any atom is 0.335 e. The van der Waals surface area contributed by atoms with Gasteiger partial charge in [-0.15, -0.1) is 0 Å². The maximum absolute atomic E-state index is 13.3. The first-order chi connectivity index (χ1) is 18.7. The number of ether oxygens (including phenoxy) is 3. The molecule has 4 amide bonds. The van der Waals surface area contributed by atoms with Crippen LogP contribution in [-0.4, -0.2) is 31.6 Å².